The first-order valence-electron chi connectivity index (χ1n) is 19.7. The number of hydrogen-bond donors (Lipinski definition) is 9. The number of phenols is 1. The Morgan fingerprint density at radius 1 is 0.797 bits per heavy atom. The second-order valence-electron chi connectivity index (χ2n) is 14.9. The summed E-state index contributed by atoms with van der Waals surface area (Å²) >= 11 is 0. The number of carbonyl (C=O) groups is 7. The maximum absolute atomic E-state index is 14.3. The summed E-state index contributed by atoms with van der Waals surface area (Å²) in [6, 6.07) is 6.94. The van der Waals surface area contributed by atoms with Gasteiger partial charge in [0.05, 0.1) is 12.4 Å². The molecule has 2 aromatic carbocycles. The number of imidazole rings is 1. The third kappa shape index (κ3) is 13.1. The Morgan fingerprint density at radius 2 is 1.44 bits per heavy atom. The van der Waals surface area contributed by atoms with E-state index in [1.54, 1.807) is 49.4 Å². The van der Waals surface area contributed by atoms with Gasteiger partial charge in [-0.05, 0) is 55.9 Å². The van der Waals surface area contributed by atoms with Gasteiger partial charge in [-0.2, -0.15) is 0 Å². The van der Waals surface area contributed by atoms with E-state index in [1.165, 1.54) is 43.4 Å². The van der Waals surface area contributed by atoms with Crippen molar-refractivity contribution in [1.29, 1.82) is 0 Å². The van der Waals surface area contributed by atoms with Crippen LogP contribution in [0.4, 0.5) is 0 Å². The molecule has 318 valence electrons. The predicted octanol–water partition coefficient (Wildman–Crippen LogP) is 0.0560. The number of phenolic OH excluding ortho intramolecular Hbond substituents is 1. The predicted molar refractivity (Wildman–Crippen MR) is 215 cm³/mol. The molecule has 2 heterocycles. The lowest BCUT2D eigenvalue weighted by atomic mass is 9.96. The number of rotatable bonds is 20. The highest BCUT2D eigenvalue weighted by Crippen LogP contribution is 2.21. The van der Waals surface area contributed by atoms with Crippen molar-refractivity contribution in [3.63, 3.8) is 0 Å². The summed E-state index contributed by atoms with van der Waals surface area (Å²) in [4.78, 5) is 102. The van der Waals surface area contributed by atoms with E-state index >= 15 is 0 Å². The highest BCUT2D eigenvalue weighted by Gasteiger charge is 2.40. The van der Waals surface area contributed by atoms with Gasteiger partial charge < -0.3 is 52.4 Å². The molecule has 1 aliphatic rings. The number of nitrogens with one attached hydrogen (secondary N) is 6. The van der Waals surface area contributed by atoms with E-state index in [-0.39, 0.29) is 38.0 Å². The summed E-state index contributed by atoms with van der Waals surface area (Å²) in [6.45, 7) is 6.62. The maximum Gasteiger partial charge on any atom is 0.326 e. The number of hydrogen-bond acceptors (Lipinski definition) is 10. The Balaban J connectivity index is 1.55. The zero-order valence-electron chi connectivity index (χ0n) is 33.6. The third-order valence-corrected chi connectivity index (χ3v) is 10.3. The van der Waals surface area contributed by atoms with Crippen molar-refractivity contribution in [2.75, 3.05) is 6.54 Å². The van der Waals surface area contributed by atoms with Gasteiger partial charge in [0, 0.05) is 37.7 Å². The van der Waals surface area contributed by atoms with Gasteiger partial charge in [0.2, 0.25) is 35.4 Å². The molecule has 1 fully saturated rings. The summed E-state index contributed by atoms with van der Waals surface area (Å²) in [6.07, 6.45) is 3.99. The van der Waals surface area contributed by atoms with Gasteiger partial charge in [-0.25, -0.2) is 9.78 Å². The van der Waals surface area contributed by atoms with E-state index in [0.717, 1.165) is 0 Å². The molecule has 3 aromatic rings. The summed E-state index contributed by atoms with van der Waals surface area (Å²) < 4.78 is 0. The largest absolute Gasteiger partial charge is 0.508 e. The molecule has 0 bridgehead atoms. The monoisotopic (exact) mass is 817 g/mol. The van der Waals surface area contributed by atoms with Crippen LogP contribution < -0.4 is 32.3 Å². The molecular formula is C41H55N9O9. The van der Waals surface area contributed by atoms with Crippen LogP contribution in [0.15, 0.2) is 67.1 Å². The number of aliphatic carboxylic acids is 1. The molecule has 1 aromatic heterocycles. The van der Waals surface area contributed by atoms with Crippen LogP contribution >= 0.6 is 0 Å². The topological polar surface area (TPSA) is 278 Å². The second-order valence-corrected chi connectivity index (χ2v) is 14.9. The number of nitrogens with two attached hydrogens (primary N) is 1. The van der Waals surface area contributed by atoms with E-state index < -0.39 is 89.6 Å². The van der Waals surface area contributed by atoms with E-state index in [4.69, 9.17) is 5.73 Å². The number of nitrogens with zero attached hydrogens (tertiary/aromatic N) is 2. The van der Waals surface area contributed by atoms with Crippen molar-refractivity contribution in [3.05, 3.63) is 83.9 Å². The average molecular weight is 818 g/mol. The van der Waals surface area contributed by atoms with Crippen molar-refractivity contribution in [2.24, 2.45) is 11.7 Å². The highest BCUT2D eigenvalue weighted by molar-refractivity contribution is 5.97. The van der Waals surface area contributed by atoms with Gasteiger partial charge in [-0.15, -0.1) is 0 Å². The van der Waals surface area contributed by atoms with Crippen LogP contribution in [0.3, 0.4) is 0 Å². The molecular weight excluding hydrogens is 763 g/mol. The molecule has 0 radical (unpaired) electrons. The van der Waals surface area contributed by atoms with E-state index in [2.05, 4.69) is 36.6 Å². The lowest BCUT2D eigenvalue weighted by Gasteiger charge is -2.31. The lowest BCUT2D eigenvalue weighted by Crippen LogP contribution is -2.61. The molecule has 8 atom stereocenters. The van der Waals surface area contributed by atoms with Crippen molar-refractivity contribution in [3.8, 4) is 5.75 Å². The van der Waals surface area contributed by atoms with Gasteiger partial charge in [-0.1, -0.05) is 62.7 Å². The quantitative estimate of drug-likeness (QED) is 0.0735. The molecule has 0 aliphatic carbocycles. The fraction of sp³-hybridized carbons (Fsp3) is 0.463. The Labute approximate surface area is 342 Å². The van der Waals surface area contributed by atoms with Crippen molar-refractivity contribution in [2.45, 2.75) is 109 Å². The second kappa shape index (κ2) is 21.5. The summed E-state index contributed by atoms with van der Waals surface area (Å²) in [5, 5.41) is 33.0. The number of likely N-dealkylation sites (tertiary alicyclic amines) is 1. The number of H-pyrrole nitrogens is 1. The molecule has 0 unspecified atom stereocenters. The number of carbonyl (C=O) groups excluding carboxylic acids is 6. The van der Waals surface area contributed by atoms with Crippen LogP contribution in [0, 0.1) is 5.92 Å². The van der Waals surface area contributed by atoms with E-state index in [1.807, 2.05) is 6.92 Å². The molecule has 0 spiro atoms. The first-order valence-corrected chi connectivity index (χ1v) is 19.7. The number of aromatic hydroxyl groups is 1. The van der Waals surface area contributed by atoms with Crippen LogP contribution in [-0.4, -0.2) is 115 Å². The number of aromatic nitrogens is 2. The van der Waals surface area contributed by atoms with Crippen LogP contribution in [0.5, 0.6) is 5.75 Å². The normalized spacial score (nSPS) is 17.2. The molecule has 6 amide bonds. The molecule has 0 saturated carbocycles. The molecule has 59 heavy (non-hydrogen) atoms. The number of benzene rings is 2. The van der Waals surface area contributed by atoms with Crippen LogP contribution in [-0.2, 0) is 52.8 Å². The van der Waals surface area contributed by atoms with E-state index in [9.17, 15) is 43.8 Å². The standard InChI is InChI=1S/C41H55N9O9/c1-5-23(2)34(49-37(54)30(18-27-13-15-29(51)16-14-27)46-36(53)25(4)45-35(52)24(3)42)39(56)47-31(20-28-21-43-22-44-28)40(57)50-17-9-12-33(50)38(55)48-32(41(58)59)19-26-10-7-6-8-11-26/h6-8,10-11,13-16,21-25,30-34,51H,5,9,12,17-20,42H2,1-4H3,(H,43,44)(H,45,52)(H,46,53)(H,47,56)(H,48,55)(H,49,54)(H,58,59)/t23-,24-,25-,30-,31-,32-,33-,34-/m0/s1. The van der Waals surface area contributed by atoms with Crippen LogP contribution in [0.2, 0.25) is 0 Å². The Hall–Kier alpha value is -6.30. The summed E-state index contributed by atoms with van der Waals surface area (Å²) in [7, 11) is 0. The summed E-state index contributed by atoms with van der Waals surface area (Å²) in [5.74, 6) is -5.63. The van der Waals surface area contributed by atoms with Crippen LogP contribution in [0.1, 0.15) is 63.8 Å². The Morgan fingerprint density at radius 3 is 2.05 bits per heavy atom. The zero-order valence-corrected chi connectivity index (χ0v) is 33.6. The molecule has 18 nitrogen and oxygen atoms in total. The number of carboxylic acid groups (broad SMARTS) is 1. The maximum atomic E-state index is 14.3. The van der Waals surface area contributed by atoms with E-state index in [0.29, 0.717) is 29.7 Å². The molecule has 1 saturated heterocycles. The Kier molecular flexibility index (Phi) is 16.5. The minimum atomic E-state index is -1.25. The SMILES string of the molecule is CC[C@H](C)[C@H](NC(=O)[C@H](Cc1ccc(O)cc1)NC(=O)[C@H](C)NC(=O)[C@H](C)N)C(=O)N[C@@H](Cc1cnc[nH]1)C(=O)N1CCC[C@H]1C(=O)N[C@@H](Cc1ccccc1)C(=O)O. The molecule has 10 N–H and O–H groups in total. The van der Waals surface area contributed by atoms with Gasteiger partial charge in [0.1, 0.15) is 42.0 Å². The number of aromatic amines is 1. The minimum absolute atomic E-state index is 0.00726. The Bertz CT molecular complexity index is 1910. The zero-order chi connectivity index (χ0) is 43.2. The number of amides is 6. The molecule has 18 heteroatoms. The fourth-order valence-corrected chi connectivity index (χ4v) is 6.64. The van der Waals surface area contributed by atoms with Crippen molar-refractivity contribution >= 4 is 41.4 Å². The van der Waals surface area contributed by atoms with Crippen LogP contribution in [0.25, 0.3) is 0 Å². The number of carboxylic acids is 1. The smallest absolute Gasteiger partial charge is 0.326 e. The van der Waals surface area contributed by atoms with Gasteiger partial charge in [0.15, 0.2) is 0 Å². The fourth-order valence-electron chi connectivity index (χ4n) is 6.64. The third-order valence-electron chi connectivity index (χ3n) is 10.3. The minimum Gasteiger partial charge on any atom is -0.508 e. The van der Waals surface area contributed by atoms with Gasteiger partial charge in [-0.3, -0.25) is 28.8 Å². The molecule has 1 aliphatic heterocycles. The van der Waals surface area contributed by atoms with Crippen molar-refractivity contribution < 1.29 is 43.8 Å². The van der Waals surface area contributed by atoms with Crippen molar-refractivity contribution in [1.82, 2.24) is 41.5 Å². The first-order chi connectivity index (χ1) is 28.1. The summed E-state index contributed by atoms with van der Waals surface area (Å²) in [5.41, 5.74) is 7.42. The lowest BCUT2D eigenvalue weighted by molar-refractivity contribution is -0.145. The first kappa shape index (κ1) is 45.4. The van der Waals surface area contributed by atoms with Gasteiger partial charge in [0.25, 0.3) is 0 Å². The molecule has 4 rings (SSSR count). The highest BCUT2D eigenvalue weighted by atomic mass is 16.4. The van der Waals surface area contributed by atoms with Gasteiger partial charge >= 0.3 is 5.97 Å². The average Bonchev–Trinajstić information content (AvgIpc) is 3.92.